The first-order valence-electron chi connectivity index (χ1n) is 6.14. The SMILES string of the molecule is CCOC(=[NH2+])Cc1ccc(-c2noc(C(F)(F)F)n2)cc1.[Cl-]. The van der Waals surface area contributed by atoms with Crippen molar-refractivity contribution in [3.63, 3.8) is 0 Å². The van der Waals surface area contributed by atoms with E-state index in [0.29, 0.717) is 24.5 Å². The molecule has 1 aromatic heterocycles. The van der Waals surface area contributed by atoms with Gasteiger partial charge in [0.25, 0.3) is 0 Å². The van der Waals surface area contributed by atoms with Gasteiger partial charge in [-0.2, -0.15) is 18.2 Å². The number of hydrogen-bond acceptors (Lipinski definition) is 4. The van der Waals surface area contributed by atoms with E-state index in [4.69, 9.17) is 10.1 Å². The number of aromatic nitrogens is 2. The number of nitrogens with two attached hydrogens (primary N) is 1. The Morgan fingerprint density at radius 3 is 2.41 bits per heavy atom. The number of alkyl halides is 3. The Labute approximate surface area is 130 Å². The second-order valence-electron chi connectivity index (χ2n) is 4.19. The highest BCUT2D eigenvalue weighted by Gasteiger charge is 2.38. The zero-order valence-electron chi connectivity index (χ0n) is 11.5. The molecule has 0 atom stereocenters. The number of benzene rings is 1. The molecule has 0 radical (unpaired) electrons. The summed E-state index contributed by atoms with van der Waals surface area (Å²) in [6, 6.07) is 6.62. The Hall–Kier alpha value is -2.09. The Bertz CT molecular complexity index is 626. The van der Waals surface area contributed by atoms with Crippen LogP contribution in [-0.2, 0) is 17.3 Å². The highest BCUT2D eigenvalue weighted by molar-refractivity contribution is 5.72. The number of halogens is 4. The number of ether oxygens (including phenoxy) is 1. The van der Waals surface area contributed by atoms with Crippen LogP contribution in [0.25, 0.3) is 11.4 Å². The van der Waals surface area contributed by atoms with E-state index in [1.165, 1.54) is 0 Å². The van der Waals surface area contributed by atoms with E-state index in [-0.39, 0.29) is 18.2 Å². The van der Waals surface area contributed by atoms with Gasteiger partial charge < -0.3 is 21.7 Å². The summed E-state index contributed by atoms with van der Waals surface area (Å²) in [7, 11) is 0. The highest BCUT2D eigenvalue weighted by Crippen LogP contribution is 2.29. The third kappa shape index (κ3) is 4.45. The summed E-state index contributed by atoms with van der Waals surface area (Å²) in [4.78, 5) is 3.31. The monoisotopic (exact) mass is 335 g/mol. The van der Waals surface area contributed by atoms with E-state index < -0.39 is 12.1 Å². The molecule has 1 aromatic carbocycles. The maximum absolute atomic E-state index is 12.4. The summed E-state index contributed by atoms with van der Waals surface area (Å²) >= 11 is 0. The van der Waals surface area contributed by atoms with Gasteiger partial charge in [0, 0.05) is 5.56 Å². The minimum Gasteiger partial charge on any atom is -1.00 e. The molecule has 5 nitrogen and oxygen atoms in total. The zero-order chi connectivity index (χ0) is 15.5. The molecule has 0 aliphatic heterocycles. The lowest BCUT2D eigenvalue weighted by Gasteiger charge is -2.01. The molecule has 0 aliphatic rings. The lowest BCUT2D eigenvalue weighted by Crippen LogP contribution is -3.00. The molecule has 0 fully saturated rings. The smallest absolute Gasteiger partial charge is 0.471 e. The van der Waals surface area contributed by atoms with Crippen molar-refractivity contribution in [3.05, 3.63) is 35.7 Å². The van der Waals surface area contributed by atoms with Crippen LogP contribution in [0.1, 0.15) is 18.4 Å². The van der Waals surface area contributed by atoms with E-state index in [2.05, 4.69) is 14.7 Å². The second-order valence-corrected chi connectivity index (χ2v) is 4.19. The summed E-state index contributed by atoms with van der Waals surface area (Å²) < 4.78 is 46.4. The molecule has 2 aromatic rings. The summed E-state index contributed by atoms with van der Waals surface area (Å²) in [6.45, 7) is 2.30. The Morgan fingerprint density at radius 2 is 1.91 bits per heavy atom. The van der Waals surface area contributed by atoms with E-state index in [1.54, 1.807) is 24.3 Å². The van der Waals surface area contributed by atoms with Gasteiger partial charge in [-0.1, -0.05) is 29.4 Å². The van der Waals surface area contributed by atoms with Crippen molar-refractivity contribution in [1.29, 1.82) is 0 Å². The van der Waals surface area contributed by atoms with Crippen LogP contribution < -0.4 is 17.8 Å². The molecule has 0 saturated carbocycles. The number of rotatable bonds is 4. The number of hydrogen-bond donors (Lipinski definition) is 1. The molecule has 0 amide bonds. The highest BCUT2D eigenvalue weighted by atomic mass is 35.5. The maximum Gasteiger partial charge on any atom is 0.471 e. The van der Waals surface area contributed by atoms with E-state index >= 15 is 0 Å². The van der Waals surface area contributed by atoms with Crippen molar-refractivity contribution in [2.24, 2.45) is 0 Å². The lowest BCUT2D eigenvalue weighted by atomic mass is 10.1. The van der Waals surface area contributed by atoms with Gasteiger partial charge in [0.05, 0.1) is 13.0 Å². The van der Waals surface area contributed by atoms with Gasteiger partial charge in [0.15, 0.2) is 0 Å². The van der Waals surface area contributed by atoms with Crippen LogP contribution in [-0.4, -0.2) is 22.6 Å². The van der Waals surface area contributed by atoms with Crippen molar-refractivity contribution in [3.8, 4) is 11.4 Å². The minimum atomic E-state index is -4.65. The molecule has 2 rings (SSSR count). The van der Waals surface area contributed by atoms with Crippen LogP contribution >= 0.6 is 0 Å². The Balaban J connectivity index is 0.00000242. The molecule has 0 spiro atoms. The largest absolute Gasteiger partial charge is 1.00 e. The number of nitrogens with zero attached hydrogens (tertiary/aromatic N) is 2. The molecule has 1 heterocycles. The van der Waals surface area contributed by atoms with Gasteiger partial charge in [0.2, 0.25) is 5.82 Å². The second kappa shape index (κ2) is 7.26. The normalized spacial score (nSPS) is 10.9. The third-order valence-corrected chi connectivity index (χ3v) is 2.59. The molecular formula is C13H13ClF3N3O2. The first-order chi connectivity index (χ1) is 9.90. The topological polar surface area (TPSA) is 73.7 Å². The fourth-order valence-corrected chi connectivity index (χ4v) is 1.67. The standard InChI is InChI=1S/C13H12F3N3O2.ClH/c1-2-20-10(17)7-8-3-5-9(6-4-8)11-18-12(21-19-11)13(14,15)16;/h3-6,17H,2,7H2,1H3;1H. The predicted molar refractivity (Wildman–Crippen MR) is 67.0 cm³/mol. The van der Waals surface area contributed by atoms with Gasteiger partial charge in [-0.3, -0.25) is 0 Å². The predicted octanol–water partition coefficient (Wildman–Crippen LogP) is -1.50. The molecule has 9 heteroatoms. The summed E-state index contributed by atoms with van der Waals surface area (Å²) in [5.74, 6) is -1.10. The van der Waals surface area contributed by atoms with Gasteiger partial charge in [-0.15, -0.1) is 0 Å². The van der Waals surface area contributed by atoms with Crippen LogP contribution in [0.4, 0.5) is 13.2 Å². The van der Waals surface area contributed by atoms with Crippen LogP contribution in [0.2, 0.25) is 0 Å². The fourth-order valence-electron chi connectivity index (χ4n) is 1.67. The average Bonchev–Trinajstić information content (AvgIpc) is 2.89. The van der Waals surface area contributed by atoms with Crippen molar-refractivity contribution < 1.29 is 40.2 Å². The van der Waals surface area contributed by atoms with Crippen LogP contribution in [0.3, 0.4) is 0 Å². The Kier molecular flexibility index (Phi) is 5.92. The molecule has 2 N–H and O–H groups in total. The molecule has 120 valence electrons. The van der Waals surface area contributed by atoms with Crippen molar-refractivity contribution in [2.75, 3.05) is 6.61 Å². The van der Waals surface area contributed by atoms with E-state index in [9.17, 15) is 13.2 Å². The molecule has 0 aliphatic carbocycles. The average molecular weight is 336 g/mol. The first kappa shape index (κ1) is 18.0. The van der Waals surface area contributed by atoms with Gasteiger partial charge in [0.1, 0.15) is 0 Å². The summed E-state index contributed by atoms with van der Waals surface area (Å²) in [6.07, 6.45) is -4.22. The summed E-state index contributed by atoms with van der Waals surface area (Å²) in [5, 5.41) is 8.96. The van der Waals surface area contributed by atoms with Crippen molar-refractivity contribution in [2.45, 2.75) is 19.5 Å². The molecular weight excluding hydrogens is 323 g/mol. The van der Waals surface area contributed by atoms with E-state index in [1.807, 2.05) is 6.92 Å². The molecule has 22 heavy (non-hydrogen) atoms. The molecule has 0 bridgehead atoms. The Morgan fingerprint density at radius 1 is 1.27 bits per heavy atom. The van der Waals surface area contributed by atoms with E-state index in [0.717, 1.165) is 5.56 Å². The fraction of sp³-hybridized carbons (Fsp3) is 0.308. The molecule has 0 unspecified atom stereocenters. The minimum absolute atomic E-state index is 0. The van der Waals surface area contributed by atoms with Gasteiger partial charge in [-0.05, 0) is 12.5 Å². The van der Waals surface area contributed by atoms with Crippen molar-refractivity contribution in [1.82, 2.24) is 10.1 Å². The first-order valence-corrected chi connectivity index (χ1v) is 6.14. The van der Waals surface area contributed by atoms with Gasteiger partial charge >= 0.3 is 18.0 Å². The zero-order valence-corrected chi connectivity index (χ0v) is 12.3. The van der Waals surface area contributed by atoms with Crippen LogP contribution in [0.5, 0.6) is 0 Å². The quantitative estimate of drug-likeness (QED) is 0.545. The van der Waals surface area contributed by atoms with Gasteiger partial charge in [-0.25, -0.2) is 5.41 Å². The lowest BCUT2D eigenvalue weighted by molar-refractivity contribution is -0.159. The molecule has 0 saturated heterocycles. The van der Waals surface area contributed by atoms with Crippen LogP contribution in [0, 0.1) is 0 Å². The third-order valence-electron chi connectivity index (χ3n) is 2.59. The van der Waals surface area contributed by atoms with Crippen LogP contribution in [0.15, 0.2) is 28.8 Å². The summed E-state index contributed by atoms with van der Waals surface area (Å²) in [5.41, 5.74) is 1.29. The van der Waals surface area contributed by atoms with Crippen molar-refractivity contribution >= 4 is 5.90 Å². The maximum atomic E-state index is 12.4.